The lowest BCUT2D eigenvalue weighted by Crippen LogP contribution is -2.35. The van der Waals surface area contributed by atoms with E-state index < -0.39 is 18.2 Å². The fourth-order valence-electron chi connectivity index (χ4n) is 2.70. The lowest BCUT2D eigenvalue weighted by Gasteiger charge is -2.29. The summed E-state index contributed by atoms with van der Waals surface area (Å²) in [6.07, 6.45) is 1.59. The Balaban J connectivity index is 2.44. The Morgan fingerprint density at radius 2 is 1.96 bits per heavy atom. The van der Waals surface area contributed by atoms with Crippen molar-refractivity contribution in [2.75, 3.05) is 12.3 Å². The summed E-state index contributed by atoms with van der Waals surface area (Å²) in [5.41, 5.74) is 6.61. The van der Waals surface area contributed by atoms with Gasteiger partial charge in [0.05, 0.1) is 17.9 Å². The van der Waals surface area contributed by atoms with E-state index in [1.54, 1.807) is 43.5 Å². The third-order valence-corrected chi connectivity index (χ3v) is 4.44. The number of hydrogen-bond donors (Lipinski definition) is 2. The summed E-state index contributed by atoms with van der Waals surface area (Å²) in [5.74, 6) is -0.546. The molecule has 2 rings (SSSR count). The first-order valence-electron chi connectivity index (χ1n) is 7.93. The van der Waals surface area contributed by atoms with Gasteiger partial charge in [0, 0.05) is 16.4 Å². The van der Waals surface area contributed by atoms with E-state index in [2.05, 4.69) is 20.9 Å². The number of esters is 1. The average molecular weight is 407 g/mol. The Labute approximate surface area is 156 Å². The molecule has 1 aromatic carbocycles. The van der Waals surface area contributed by atoms with Gasteiger partial charge in [0.1, 0.15) is 0 Å². The van der Waals surface area contributed by atoms with E-state index in [1.165, 1.54) is 0 Å². The molecule has 0 aliphatic rings. The minimum absolute atomic E-state index is 0.330. The third-order valence-electron chi connectivity index (χ3n) is 3.95. The standard InChI is InChI=1S/C19H23BrN2O3/c1-18(2,3)16-13(6-5-7-14(16)21)17(24)25-19(4,11-23)15-10-12(20)8-9-22-15/h5-10,23H,11,21H2,1-4H3. The summed E-state index contributed by atoms with van der Waals surface area (Å²) in [4.78, 5) is 17.1. The third kappa shape index (κ3) is 4.19. The van der Waals surface area contributed by atoms with Crippen molar-refractivity contribution in [2.45, 2.75) is 38.7 Å². The van der Waals surface area contributed by atoms with Crippen molar-refractivity contribution in [2.24, 2.45) is 0 Å². The van der Waals surface area contributed by atoms with Gasteiger partial charge in [0.2, 0.25) is 0 Å². The number of rotatable bonds is 4. The van der Waals surface area contributed by atoms with Crippen molar-refractivity contribution in [3.8, 4) is 0 Å². The maximum atomic E-state index is 12.9. The summed E-state index contributed by atoms with van der Waals surface area (Å²) in [5, 5.41) is 9.85. The summed E-state index contributed by atoms with van der Waals surface area (Å²) in [7, 11) is 0. The predicted octanol–water partition coefficient (Wildman–Crippen LogP) is 3.79. The number of aromatic nitrogens is 1. The van der Waals surface area contributed by atoms with E-state index in [4.69, 9.17) is 10.5 Å². The number of aliphatic hydroxyl groups excluding tert-OH is 1. The second kappa shape index (κ2) is 7.14. The van der Waals surface area contributed by atoms with Gasteiger partial charge in [-0.3, -0.25) is 4.98 Å². The minimum atomic E-state index is -1.26. The van der Waals surface area contributed by atoms with Gasteiger partial charge < -0.3 is 15.6 Å². The Hall–Kier alpha value is -1.92. The molecule has 3 N–H and O–H groups in total. The van der Waals surface area contributed by atoms with Gasteiger partial charge in [0.25, 0.3) is 0 Å². The minimum Gasteiger partial charge on any atom is -0.447 e. The number of nitrogens with zero attached hydrogens (tertiary/aromatic N) is 1. The molecule has 1 unspecified atom stereocenters. The SMILES string of the molecule is CC(C)(C)c1c(N)cccc1C(=O)OC(C)(CO)c1cc(Br)ccn1. The van der Waals surface area contributed by atoms with Crippen molar-refractivity contribution in [3.63, 3.8) is 0 Å². The normalized spacial score (nSPS) is 14.0. The quantitative estimate of drug-likeness (QED) is 0.595. The topological polar surface area (TPSA) is 85.4 Å². The maximum absolute atomic E-state index is 12.9. The second-order valence-corrected chi connectivity index (χ2v) is 8.07. The molecule has 0 fully saturated rings. The molecule has 25 heavy (non-hydrogen) atoms. The zero-order valence-electron chi connectivity index (χ0n) is 14.8. The number of benzene rings is 1. The van der Waals surface area contributed by atoms with Gasteiger partial charge in [-0.15, -0.1) is 0 Å². The first-order valence-corrected chi connectivity index (χ1v) is 8.73. The highest BCUT2D eigenvalue weighted by molar-refractivity contribution is 9.10. The van der Waals surface area contributed by atoms with E-state index in [-0.39, 0.29) is 5.41 Å². The summed E-state index contributed by atoms with van der Waals surface area (Å²) in [6.45, 7) is 7.18. The molecule has 1 heterocycles. The number of anilines is 1. The molecule has 0 amide bonds. The molecule has 1 aromatic heterocycles. The lowest BCUT2D eigenvalue weighted by atomic mass is 9.82. The molecule has 0 bridgehead atoms. The molecule has 0 aliphatic carbocycles. The molecular weight excluding hydrogens is 384 g/mol. The molecular formula is C19H23BrN2O3. The fourth-order valence-corrected chi connectivity index (χ4v) is 3.03. The van der Waals surface area contributed by atoms with Crippen LogP contribution in [-0.2, 0) is 15.8 Å². The smallest absolute Gasteiger partial charge is 0.339 e. The van der Waals surface area contributed by atoms with Gasteiger partial charge in [-0.25, -0.2) is 4.79 Å². The number of carbonyl (C=O) groups is 1. The number of nitrogens with two attached hydrogens (primary N) is 1. The molecule has 0 spiro atoms. The van der Waals surface area contributed by atoms with Crippen LogP contribution in [0.5, 0.6) is 0 Å². The van der Waals surface area contributed by atoms with Crippen LogP contribution in [0.2, 0.25) is 0 Å². The van der Waals surface area contributed by atoms with Crippen LogP contribution < -0.4 is 5.73 Å². The van der Waals surface area contributed by atoms with E-state index >= 15 is 0 Å². The Morgan fingerprint density at radius 3 is 2.52 bits per heavy atom. The lowest BCUT2D eigenvalue weighted by molar-refractivity contribution is -0.0428. The van der Waals surface area contributed by atoms with Gasteiger partial charge >= 0.3 is 5.97 Å². The highest BCUT2D eigenvalue weighted by Crippen LogP contribution is 2.33. The molecule has 134 valence electrons. The Bertz CT molecular complexity index is 786. The zero-order valence-corrected chi connectivity index (χ0v) is 16.4. The molecule has 5 nitrogen and oxygen atoms in total. The van der Waals surface area contributed by atoms with E-state index in [0.29, 0.717) is 16.9 Å². The highest BCUT2D eigenvalue weighted by Gasteiger charge is 2.34. The summed E-state index contributed by atoms with van der Waals surface area (Å²) >= 11 is 3.36. The van der Waals surface area contributed by atoms with Crippen molar-refractivity contribution in [3.05, 3.63) is 57.8 Å². The molecule has 2 aromatic rings. The molecule has 0 aliphatic heterocycles. The predicted molar refractivity (Wildman–Crippen MR) is 101 cm³/mol. The number of hydrogen-bond acceptors (Lipinski definition) is 5. The summed E-state index contributed by atoms with van der Waals surface area (Å²) in [6, 6.07) is 8.64. The molecule has 1 atom stereocenters. The number of carbonyl (C=O) groups excluding carboxylic acids is 1. The van der Waals surface area contributed by atoms with Gasteiger partial charge in [-0.05, 0) is 42.2 Å². The van der Waals surface area contributed by atoms with Gasteiger partial charge in [0.15, 0.2) is 5.60 Å². The van der Waals surface area contributed by atoms with Crippen LogP contribution in [0.4, 0.5) is 5.69 Å². The van der Waals surface area contributed by atoms with Crippen molar-refractivity contribution < 1.29 is 14.6 Å². The number of ether oxygens (including phenoxy) is 1. The van der Waals surface area contributed by atoms with Gasteiger partial charge in [-0.2, -0.15) is 0 Å². The van der Waals surface area contributed by atoms with Crippen molar-refractivity contribution in [1.29, 1.82) is 0 Å². The van der Waals surface area contributed by atoms with Crippen LogP contribution in [0.1, 0.15) is 49.3 Å². The average Bonchev–Trinajstić information content (AvgIpc) is 2.53. The molecule has 0 saturated carbocycles. The van der Waals surface area contributed by atoms with Gasteiger partial charge in [-0.1, -0.05) is 42.8 Å². The number of pyridine rings is 1. The second-order valence-electron chi connectivity index (χ2n) is 7.16. The first-order chi connectivity index (χ1) is 11.6. The van der Waals surface area contributed by atoms with Crippen molar-refractivity contribution in [1.82, 2.24) is 4.98 Å². The summed E-state index contributed by atoms with van der Waals surface area (Å²) < 4.78 is 6.46. The largest absolute Gasteiger partial charge is 0.447 e. The van der Waals surface area contributed by atoms with Crippen LogP contribution in [0.15, 0.2) is 41.0 Å². The van der Waals surface area contributed by atoms with Crippen LogP contribution >= 0.6 is 15.9 Å². The van der Waals surface area contributed by atoms with Crippen LogP contribution in [0.3, 0.4) is 0 Å². The van der Waals surface area contributed by atoms with Crippen molar-refractivity contribution >= 4 is 27.6 Å². The van der Waals surface area contributed by atoms with Crippen LogP contribution in [0.25, 0.3) is 0 Å². The fraction of sp³-hybridized carbons (Fsp3) is 0.368. The van der Waals surface area contributed by atoms with E-state index in [0.717, 1.165) is 10.0 Å². The van der Waals surface area contributed by atoms with E-state index in [1.807, 2.05) is 20.8 Å². The molecule has 0 saturated heterocycles. The highest BCUT2D eigenvalue weighted by atomic mass is 79.9. The number of aliphatic hydroxyl groups is 1. The number of nitrogen functional groups attached to an aromatic ring is 1. The first kappa shape index (κ1) is 19.4. The Kier molecular flexibility index (Phi) is 5.54. The molecule has 6 heteroatoms. The zero-order chi connectivity index (χ0) is 18.8. The van der Waals surface area contributed by atoms with E-state index in [9.17, 15) is 9.90 Å². The Morgan fingerprint density at radius 1 is 1.28 bits per heavy atom. The van der Waals surface area contributed by atoms with Crippen LogP contribution in [0, 0.1) is 0 Å². The number of halogens is 1. The monoisotopic (exact) mass is 406 g/mol. The maximum Gasteiger partial charge on any atom is 0.339 e. The molecule has 0 radical (unpaired) electrons. The van der Waals surface area contributed by atoms with Crippen LogP contribution in [-0.4, -0.2) is 22.7 Å².